The molecule has 0 amide bonds. The molecule has 0 spiro atoms. The van der Waals surface area contributed by atoms with E-state index in [0.29, 0.717) is 40.2 Å². The third-order valence-corrected chi connectivity index (χ3v) is 4.11. The number of hydrogen-bond donors (Lipinski definition) is 2. The number of ether oxygens (including phenoxy) is 1. The topological polar surface area (TPSA) is 111 Å². The Kier molecular flexibility index (Phi) is 3.79. The quantitative estimate of drug-likeness (QED) is 0.731. The lowest BCUT2D eigenvalue weighted by Crippen LogP contribution is -2.08. The number of fused-ring (bicyclic) bond motifs is 1. The molecule has 8 heteroatoms. The molecule has 0 saturated heterocycles. The van der Waals surface area contributed by atoms with E-state index in [0.717, 1.165) is 18.5 Å². The minimum atomic E-state index is 0.347. The van der Waals surface area contributed by atoms with Crippen molar-refractivity contribution in [2.45, 2.75) is 18.9 Å². The minimum Gasteiger partial charge on any atom is -0.495 e. The molecule has 1 fully saturated rings. The maximum atomic E-state index is 9.29. The number of methoxy groups -OCH3 is 1. The lowest BCUT2D eigenvalue weighted by atomic mass is 10.2. The zero-order valence-electron chi connectivity index (χ0n) is 14.0. The van der Waals surface area contributed by atoms with Crippen molar-refractivity contribution in [2.75, 3.05) is 17.7 Å². The summed E-state index contributed by atoms with van der Waals surface area (Å²) in [5.74, 6) is 1.11. The van der Waals surface area contributed by atoms with E-state index in [1.165, 1.54) is 10.7 Å². The zero-order chi connectivity index (χ0) is 18.1. The second-order valence-electron chi connectivity index (χ2n) is 6.00. The molecule has 0 bridgehead atoms. The Morgan fingerprint density at radius 1 is 1.19 bits per heavy atom. The summed E-state index contributed by atoms with van der Waals surface area (Å²) in [6, 6.07) is 11.6. The summed E-state index contributed by atoms with van der Waals surface area (Å²) in [6.07, 6.45) is 3.73. The molecule has 1 aliphatic carbocycles. The third kappa shape index (κ3) is 2.85. The van der Waals surface area contributed by atoms with Crippen LogP contribution in [0.25, 0.3) is 5.65 Å². The molecule has 0 unspecified atom stereocenters. The van der Waals surface area contributed by atoms with Crippen LogP contribution < -0.4 is 15.4 Å². The molecule has 2 heterocycles. The van der Waals surface area contributed by atoms with Crippen LogP contribution in [0.3, 0.4) is 0 Å². The first-order chi connectivity index (χ1) is 12.7. The van der Waals surface area contributed by atoms with Crippen molar-refractivity contribution in [2.24, 2.45) is 0 Å². The Balaban J connectivity index is 1.79. The number of rotatable bonds is 5. The summed E-state index contributed by atoms with van der Waals surface area (Å²) >= 11 is 0. The fraction of sp³-hybridized carbons (Fsp3) is 0.222. The van der Waals surface area contributed by atoms with Gasteiger partial charge in [-0.1, -0.05) is 0 Å². The first-order valence-corrected chi connectivity index (χ1v) is 8.12. The minimum absolute atomic E-state index is 0.347. The summed E-state index contributed by atoms with van der Waals surface area (Å²) in [5.41, 5.74) is 2.89. The van der Waals surface area contributed by atoms with Crippen LogP contribution in [-0.2, 0) is 0 Å². The van der Waals surface area contributed by atoms with Crippen molar-refractivity contribution in [3.05, 3.63) is 41.7 Å². The predicted molar refractivity (Wildman–Crippen MR) is 95.3 cm³/mol. The highest BCUT2D eigenvalue weighted by Crippen LogP contribution is 2.31. The van der Waals surface area contributed by atoms with Crippen LogP contribution in [0.1, 0.15) is 24.1 Å². The van der Waals surface area contributed by atoms with Crippen LogP contribution in [0.15, 0.2) is 30.5 Å². The Morgan fingerprint density at radius 2 is 2.04 bits per heavy atom. The van der Waals surface area contributed by atoms with Crippen molar-refractivity contribution in [3.8, 4) is 17.9 Å². The molecule has 3 aromatic rings. The normalized spacial score (nSPS) is 13.0. The number of imidazole rings is 1. The second-order valence-corrected chi connectivity index (χ2v) is 6.00. The molecule has 4 rings (SSSR count). The lowest BCUT2D eigenvalue weighted by Gasteiger charge is -2.13. The van der Waals surface area contributed by atoms with Crippen LogP contribution >= 0.6 is 0 Å². The molecular formula is C18H15N7O. The molecule has 8 nitrogen and oxygen atoms in total. The Bertz CT molecular complexity index is 1070. The molecule has 2 aromatic heterocycles. The molecule has 2 N–H and O–H groups in total. The summed E-state index contributed by atoms with van der Waals surface area (Å²) in [5, 5.41) is 29.5. The monoisotopic (exact) mass is 345 g/mol. The summed E-state index contributed by atoms with van der Waals surface area (Å²) in [7, 11) is 1.56. The molecular weight excluding hydrogens is 330 g/mol. The molecule has 1 saturated carbocycles. The largest absolute Gasteiger partial charge is 0.495 e. The summed E-state index contributed by atoms with van der Waals surface area (Å²) in [6.45, 7) is 0. The number of hydrogen-bond acceptors (Lipinski definition) is 7. The highest BCUT2D eigenvalue weighted by atomic mass is 16.5. The summed E-state index contributed by atoms with van der Waals surface area (Å²) < 4.78 is 6.86. The van der Waals surface area contributed by atoms with Gasteiger partial charge in [-0.2, -0.15) is 15.0 Å². The Hall–Kier alpha value is -3.78. The van der Waals surface area contributed by atoms with E-state index in [4.69, 9.17) is 10.00 Å². The highest BCUT2D eigenvalue weighted by molar-refractivity contribution is 5.75. The van der Waals surface area contributed by atoms with E-state index in [-0.39, 0.29) is 0 Å². The molecule has 0 aliphatic heterocycles. The Morgan fingerprint density at radius 3 is 2.73 bits per heavy atom. The Labute approximate surface area is 149 Å². The molecule has 128 valence electrons. The third-order valence-electron chi connectivity index (χ3n) is 4.11. The van der Waals surface area contributed by atoms with Gasteiger partial charge in [0.1, 0.15) is 11.8 Å². The van der Waals surface area contributed by atoms with Gasteiger partial charge >= 0.3 is 0 Å². The number of nitrogens with zero attached hydrogens (tertiary/aromatic N) is 5. The van der Waals surface area contributed by atoms with Gasteiger partial charge in [0.25, 0.3) is 0 Å². The van der Waals surface area contributed by atoms with Crippen molar-refractivity contribution in [1.82, 2.24) is 14.6 Å². The van der Waals surface area contributed by atoms with Crippen molar-refractivity contribution in [1.29, 1.82) is 10.5 Å². The van der Waals surface area contributed by atoms with Gasteiger partial charge in [-0.3, -0.25) is 0 Å². The van der Waals surface area contributed by atoms with E-state index < -0.39 is 0 Å². The number of aromatic nitrogens is 3. The molecule has 1 aliphatic rings. The number of nitrogens with one attached hydrogen (secondary N) is 2. The van der Waals surface area contributed by atoms with Gasteiger partial charge in [-0.05, 0) is 31.0 Å². The maximum absolute atomic E-state index is 9.29. The fourth-order valence-corrected chi connectivity index (χ4v) is 2.67. The van der Waals surface area contributed by atoms with E-state index >= 15 is 0 Å². The highest BCUT2D eigenvalue weighted by Gasteiger charge is 2.23. The zero-order valence-corrected chi connectivity index (χ0v) is 14.0. The average molecular weight is 345 g/mol. The predicted octanol–water partition coefficient (Wildman–Crippen LogP) is 2.80. The second kappa shape index (κ2) is 6.26. The molecule has 26 heavy (non-hydrogen) atoms. The van der Waals surface area contributed by atoms with Crippen LogP contribution in [0.5, 0.6) is 5.75 Å². The molecule has 0 atom stereocenters. The van der Waals surface area contributed by atoms with Gasteiger partial charge in [0.2, 0.25) is 0 Å². The first-order valence-electron chi connectivity index (χ1n) is 8.12. The number of nitriles is 2. The van der Waals surface area contributed by atoms with E-state index in [9.17, 15) is 5.26 Å². The van der Waals surface area contributed by atoms with Crippen molar-refractivity contribution in [3.63, 3.8) is 0 Å². The number of benzene rings is 1. The van der Waals surface area contributed by atoms with E-state index in [1.54, 1.807) is 25.3 Å². The van der Waals surface area contributed by atoms with Crippen LogP contribution in [0, 0.1) is 22.7 Å². The summed E-state index contributed by atoms with van der Waals surface area (Å²) in [4.78, 5) is 4.30. The van der Waals surface area contributed by atoms with Crippen LogP contribution in [0.2, 0.25) is 0 Å². The van der Waals surface area contributed by atoms with E-state index in [1.807, 2.05) is 6.07 Å². The smallest absolute Gasteiger partial charge is 0.178 e. The fourth-order valence-electron chi connectivity index (χ4n) is 2.67. The van der Waals surface area contributed by atoms with Crippen molar-refractivity contribution >= 4 is 22.8 Å². The molecule has 0 radical (unpaired) electrons. The van der Waals surface area contributed by atoms with Crippen LogP contribution in [-0.4, -0.2) is 27.7 Å². The van der Waals surface area contributed by atoms with Crippen LogP contribution in [0.4, 0.5) is 17.2 Å². The SMILES string of the molecule is COc1ccc(C#N)cc1Nc1cc(NC2CC2)c2ncc(C#N)n2n1. The van der Waals surface area contributed by atoms with Gasteiger partial charge in [-0.25, -0.2) is 4.98 Å². The van der Waals surface area contributed by atoms with Gasteiger partial charge in [-0.15, -0.1) is 5.10 Å². The van der Waals surface area contributed by atoms with Crippen molar-refractivity contribution < 1.29 is 4.74 Å². The van der Waals surface area contributed by atoms with Gasteiger partial charge in [0.05, 0.1) is 36.3 Å². The standard InChI is InChI=1S/C18H15N7O/c1-26-16-5-2-11(8-19)6-14(16)23-17-7-15(22-12-3-4-12)18-21-10-13(9-20)25(18)24-17/h2,5-7,10,12,22H,3-4H2,1H3,(H,23,24). The first kappa shape index (κ1) is 15.7. The van der Waals surface area contributed by atoms with Gasteiger partial charge < -0.3 is 15.4 Å². The molecule has 1 aromatic carbocycles. The lowest BCUT2D eigenvalue weighted by molar-refractivity contribution is 0.417. The van der Waals surface area contributed by atoms with Gasteiger partial charge in [0.15, 0.2) is 17.2 Å². The maximum Gasteiger partial charge on any atom is 0.178 e. The number of anilines is 3. The average Bonchev–Trinajstić information content (AvgIpc) is 3.38. The van der Waals surface area contributed by atoms with Gasteiger partial charge in [0, 0.05) is 12.1 Å². The van der Waals surface area contributed by atoms with E-state index in [2.05, 4.69) is 32.9 Å².